The summed E-state index contributed by atoms with van der Waals surface area (Å²) >= 11 is 6.81. The third-order valence-corrected chi connectivity index (χ3v) is 4.84. The summed E-state index contributed by atoms with van der Waals surface area (Å²) in [4.78, 5) is 24.0. The highest BCUT2D eigenvalue weighted by Gasteiger charge is 2.14. The number of ether oxygens (including phenoxy) is 2. The maximum atomic E-state index is 12.0. The minimum atomic E-state index is -0.528. The first-order valence-corrected chi connectivity index (χ1v) is 10.9. The molecular weight excluding hydrogens is 518 g/mol. The number of hydrogen-bond donors (Lipinski definition) is 2. The van der Waals surface area contributed by atoms with Gasteiger partial charge in [-0.1, -0.05) is 12.1 Å². The number of carbonyl (C=O) groups excluding carboxylic acids is 2. The molecule has 0 spiro atoms. The van der Waals surface area contributed by atoms with Gasteiger partial charge in [0.05, 0.1) is 29.1 Å². The lowest BCUT2D eigenvalue weighted by Gasteiger charge is -2.16. The van der Waals surface area contributed by atoms with E-state index in [2.05, 4.69) is 47.7 Å². The molecule has 0 unspecified atom stereocenters. The highest BCUT2D eigenvalue weighted by Crippen LogP contribution is 2.37. The summed E-state index contributed by atoms with van der Waals surface area (Å²) in [6, 6.07) is 10.7. The number of para-hydroxylation sites is 1. The Morgan fingerprint density at radius 2 is 1.87 bits per heavy atom. The number of nitrogens with one attached hydrogen (secondary N) is 2. The van der Waals surface area contributed by atoms with Gasteiger partial charge in [-0.15, -0.1) is 0 Å². The van der Waals surface area contributed by atoms with Gasteiger partial charge >= 0.3 is 0 Å². The number of halogens is 2. The van der Waals surface area contributed by atoms with Crippen LogP contribution in [0.3, 0.4) is 0 Å². The van der Waals surface area contributed by atoms with E-state index in [0.29, 0.717) is 33.8 Å². The van der Waals surface area contributed by atoms with E-state index >= 15 is 0 Å². The number of rotatable bonds is 9. The van der Waals surface area contributed by atoms with Crippen LogP contribution < -0.4 is 20.2 Å². The van der Waals surface area contributed by atoms with Gasteiger partial charge in [-0.3, -0.25) is 9.59 Å². The Morgan fingerprint density at radius 1 is 1.13 bits per heavy atom. The van der Waals surface area contributed by atoms with Crippen LogP contribution in [0.1, 0.15) is 32.8 Å². The standard InChI is InChI=1S/C21H23Br2N3O4/c1-4-29-18-10-14(9-16(23)21(18)30-13(2)3)12-24-26-20(28)11-19(27)25-17-8-6-5-7-15(17)22/h5-10,12-13H,4,11H2,1-3H3,(H,25,27)(H,26,28). The topological polar surface area (TPSA) is 89.0 Å². The summed E-state index contributed by atoms with van der Waals surface area (Å²) < 4.78 is 12.9. The average molecular weight is 541 g/mol. The van der Waals surface area contributed by atoms with E-state index in [1.807, 2.05) is 26.8 Å². The molecule has 2 amide bonds. The fourth-order valence-electron chi connectivity index (χ4n) is 2.40. The first-order chi connectivity index (χ1) is 14.3. The Balaban J connectivity index is 1.97. The van der Waals surface area contributed by atoms with Crippen LogP contribution in [0.2, 0.25) is 0 Å². The summed E-state index contributed by atoms with van der Waals surface area (Å²) in [6.07, 6.45) is 1.10. The molecule has 2 aromatic carbocycles. The van der Waals surface area contributed by atoms with Crippen molar-refractivity contribution in [2.45, 2.75) is 33.3 Å². The SMILES string of the molecule is CCOc1cc(C=NNC(=O)CC(=O)Nc2ccccc2Br)cc(Br)c1OC(C)C. The molecule has 2 rings (SSSR count). The molecule has 160 valence electrons. The molecule has 0 saturated carbocycles. The van der Waals surface area contributed by atoms with E-state index in [1.54, 1.807) is 30.3 Å². The van der Waals surface area contributed by atoms with Crippen molar-refractivity contribution in [1.29, 1.82) is 0 Å². The highest BCUT2D eigenvalue weighted by atomic mass is 79.9. The van der Waals surface area contributed by atoms with Gasteiger partial charge in [-0.05, 0) is 82.5 Å². The van der Waals surface area contributed by atoms with Gasteiger partial charge in [-0.25, -0.2) is 5.43 Å². The molecule has 2 aromatic rings. The third kappa shape index (κ3) is 7.46. The van der Waals surface area contributed by atoms with E-state index in [0.717, 1.165) is 4.47 Å². The molecule has 0 atom stereocenters. The summed E-state index contributed by atoms with van der Waals surface area (Å²) in [5.41, 5.74) is 3.64. The van der Waals surface area contributed by atoms with E-state index in [9.17, 15) is 9.59 Å². The molecule has 0 bridgehead atoms. The second kappa shape index (κ2) is 11.7. The van der Waals surface area contributed by atoms with Crippen LogP contribution in [0.25, 0.3) is 0 Å². The maximum absolute atomic E-state index is 12.0. The van der Waals surface area contributed by atoms with Gasteiger partial charge in [0.2, 0.25) is 11.8 Å². The molecule has 30 heavy (non-hydrogen) atoms. The largest absolute Gasteiger partial charge is 0.490 e. The van der Waals surface area contributed by atoms with Crippen molar-refractivity contribution in [1.82, 2.24) is 5.43 Å². The Kier molecular flexibility index (Phi) is 9.32. The second-order valence-corrected chi connectivity index (χ2v) is 8.14. The van der Waals surface area contributed by atoms with Crippen LogP contribution in [0, 0.1) is 0 Å². The zero-order valence-corrected chi connectivity index (χ0v) is 20.0. The van der Waals surface area contributed by atoms with Crippen molar-refractivity contribution < 1.29 is 19.1 Å². The van der Waals surface area contributed by atoms with E-state index in [1.165, 1.54) is 6.21 Å². The highest BCUT2D eigenvalue weighted by molar-refractivity contribution is 9.11. The fourth-order valence-corrected chi connectivity index (χ4v) is 3.33. The maximum Gasteiger partial charge on any atom is 0.249 e. The van der Waals surface area contributed by atoms with Crippen molar-refractivity contribution in [3.05, 3.63) is 50.9 Å². The predicted octanol–water partition coefficient (Wildman–Crippen LogP) is 4.88. The van der Waals surface area contributed by atoms with Crippen LogP contribution in [0.4, 0.5) is 5.69 Å². The molecule has 0 aliphatic carbocycles. The first-order valence-electron chi connectivity index (χ1n) is 9.29. The minimum Gasteiger partial charge on any atom is -0.490 e. The molecule has 0 aromatic heterocycles. The van der Waals surface area contributed by atoms with Crippen LogP contribution in [0.15, 0.2) is 50.4 Å². The Hall–Kier alpha value is -2.39. The van der Waals surface area contributed by atoms with E-state index in [4.69, 9.17) is 9.47 Å². The number of benzene rings is 2. The molecular formula is C21H23Br2N3O4. The van der Waals surface area contributed by atoms with Gasteiger partial charge in [0.25, 0.3) is 0 Å². The smallest absolute Gasteiger partial charge is 0.249 e. The van der Waals surface area contributed by atoms with Crippen molar-refractivity contribution in [3.63, 3.8) is 0 Å². The second-order valence-electron chi connectivity index (χ2n) is 6.43. The lowest BCUT2D eigenvalue weighted by atomic mass is 10.2. The molecule has 0 fully saturated rings. The number of nitrogens with zero attached hydrogens (tertiary/aromatic N) is 1. The molecule has 0 saturated heterocycles. The van der Waals surface area contributed by atoms with Crippen LogP contribution >= 0.6 is 31.9 Å². The number of amides is 2. The minimum absolute atomic E-state index is 0.0121. The normalized spacial score (nSPS) is 10.9. The molecule has 0 aliphatic heterocycles. The van der Waals surface area contributed by atoms with Crippen molar-refractivity contribution in [2.75, 3.05) is 11.9 Å². The van der Waals surface area contributed by atoms with Crippen LogP contribution in [-0.4, -0.2) is 30.7 Å². The number of hydrogen-bond acceptors (Lipinski definition) is 5. The van der Waals surface area contributed by atoms with Crippen molar-refractivity contribution in [2.24, 2.45) is 5.10 Å². The van der Waals surface area contributed by atoms with Gasteiger partial charge in [0.1, 0.15) is 6.42 Å². The van der Waals surface area contributed by atoms with Gasteiger partial charge < -0.3 is 14.8 Å². The zero-order valence-electron chi connectivity index (χ0n) is 16.9. The quantitative estimate of drug-likeness (QED) is 0.269. The van der Waals surface area contributed by atoms with Crippen molar-refractivity contribution >= 4 is 55.6 Å². The van der Waals surface area contributed by atoms with Crippen LogP contribution in [0.5, 0.6) is 11.5 Å². The zero-order chi connectivity index (χ0) is 22.1. The van der Waals surface area contributed by atoms with Gasteiger partial charge in [0.15, 0.2) is 11.5 Å². The summed E-state index contributed by atoms with van der Waals surface area (Å²) in [5, 5.41) is 6.59. The predicted molar refractivity (Wildman–Crippen MR) is 124 cm³/mol. The lowest BCUT2D eigenvalue weighted by molar-refractivity contribution is -0.126. The van der Waals surface area contributed by atoms with Crippen LogP contribution in [-0.2, 0) is 9.59 Å². The fraction of sp³-hybridized carbons (Fsp3) is 0.286. The first kappa shape index (κ1) is 23.9. The monoisotopic (exact) mass is 539 g/mol. The van der Waals surface area contributed by atoms with Gasteiger partial charge in [0, 0.05) is 4.47 Å². The van der Waals surface area contributed by atoms with E-state index in [-0.39, 0.29) is 12.5 Å². The Bertz CT molecular complexity index is 932. The molecule has 7 nitrogen and oxygen atoms in total. The molecule has 9 heteroatoms. The summed E-state index contributed by atoms with van der Waals surface area (Å²) in [5.74, 6) is 0.212. The van der Waals surface area contributed by atoms with Gasteiger partial charge in [-0.2, -0.15) is 5.10 Å². The molecule has 2 N–H and O–H groups in total. The van der Waals surface area contributed by atoms with Crippen molar-refractivity contribution in [3.8, 4) is 11.5 Å². The lowest BCUT2D eigenvalue weighted by Crippen LogP contribution is -2.24. The summed E-state index contributed by atoms with van der Waals surface area (Å²) in [6.45, 7) is 6.22. The number of hydrazone groups is 1. The molecule has 0 heterocycles. The Labute approximate surface area is 192 Å². The molecule has 0 aliphatic rings. The molecule has 0 radical (unpaired) electrons. The Morgan fingerprint density at radius 3 is 2.53 bits per heavy atom. The number of anilines is 1. The average Bonchev–Trinajstić information content (AvgIpc) is 2.66. The van der Waals surface area contributed by atoms with E-state index < -0.39 is 11.8 Å². The number of carbonyl (C=O) groups is 2. The third-order valence-electron chi connectivity index (χ3n) is 3.56. The summed E-state index contributed by atoms with van der Waals surface area (Å²) in [7, 11) is 0.